The summed E-state index contributed by atoms with van der Waals surface area (Å²) in [7, 11) is -4.31. The van der Waals surface area contributed by atoms with Crippen molar-refractivity contribution in [2.75, 3.05) is 5.75 Å². The lowest BCUT2D eigenvalue weighted by atomic mass is 10.0. The van der Waals surface area contributed by atoms with E-state index in [1.165, 1.54) is 161 Å². The number of hydrogen-bond acceptors (Lipinski definition) is 4. The Morgan fingerprint density at radius 2 is 0.875 bits per heavy atom. The van der Waals surface area contributed by atoms with Gasteiger partial charge in [0.2, 0.25) is 5.91 Å². The molecule has 0 spiro atoms. The molecule has 0 saturated heterocycles. The van der Waals surface area contributed by atoms with Crippen LogP contribution in [0.15, 0.2) is 12.2 Å². The number of amides is 1. The van der Waals surface area contributed by atoms with Crippen LogP contribution < -0.4 is 5.32 Å². The smallest absolute Gasteiger partial charge is 0.266 e. The monoisotopic (exact) mass is 700 g/mol. The van der Waals surface area contributed by atoms with Crippen molar-refractivity contribution in [2.24, 2.45) is 0 Å². The topological polar surface area (TPSA) is 104 Å². The third-order valence-corrected chi connectivity index (χ3v) is 10.5. The van der Waals surface area contributed by atoms with Crippen LogP contribution in [0.4, 0.5) is 0 Å². The van der Waals surface area contributed by atoms with Crippen molar-refractivity contribution in [3.05, 3.63) is 12.2 Å². The van der Waals surface area contributed by atoms with Crippen molar-refractivity contribution in [1.29, 1.82) is 0 Å². The third-order valence-electron chi connectivity index (χ3n) is 9.72. The summed E-state index contributed by atoms with van der Waals surface area (Å²) < 4.78 is 32.5. The van der Waals surface area contributed by atoms with Gasteiger partial charge in [0, 0.05) is 6.42 Å². The SMILES string of the molecule is CCCCCCCC/C=C\CCCCCCCCCC(=O)NC(CS(=O)(=O)O)C(O)CCCCCCCCCCCCCCCCCC. The standard InChI is InChI=1S/C41H81NO5S/c1-3-5-7-9-11-13-15-17-19-21-23-25-27-29-31-33-35-37-41(44)42-39(38-48(45,46)47)40(43)36-34-32-30-28-26-24-22-20-18-16-14-12-10-8-6-4-2/h17,19,39-40,43H,3-16,18,20-38H2,1-2H3,(H,42,44)(H,45,46,47)/b19-17-. The molecule has 0 rings (SSSR count). The predicted molar refractivity (Wildman–Crippen MR) is 207 cm³/mol. The molecule has 0 aliphatic carbocycles. The molecule has 0 fully saturated rings. The van der Waals surface area contributed by atoms with Crippen molar-refractivity contribution in [1.82, 2.24) is 5.32 Å². The van der Waals surface area contributed by atoms with E-state index in [2.05, 4.69) is 31.3 Å². The second-order valence-electron chi connectivity index (χ2n) is 14.6. The molecule has 0 aromatic carbocycles. The minimum absolute atomic E-state index is 0.248. The van der Waals surface area contributed by atoms with Gasteiger partial charge in [0.15, 0.2) is 0 Å². The number of hydrogen-bond donors (Lipinski definition) is 3. The van der Waals surface area contributed by atoms with Gasteiger partial charge in [-0.1, -0.05) is 193 Å². The summed E-state index contributed by atoms with van der Waals surface area (Å²) in [6.07, 6.45) is 43.0. The Morgan fingerprint density at radius 3 is 1.25 bits per heavy atom. The molecular formula is C41H81NO5S. The molecule has 2 unspecified atom stereocenters. The number of allylic oxidation sites excluding steroid dienone is 2. The Balaban J connectivity index is 3.84. The largest absolute Gasteiger partial charge is 0.391 e. The summed E-state index contributed by atoms with van der Waals surface area (Å²) in [6.45, 7) is 4.52. The summed E-state index contributed by atoms with van der Waals surface area (Å²) >= 11 is 0. The van der Waals surface area contributed by atoms with Gasteiger partial charge in [-0.25, -0.2) is 0 Å². The van der Waals surface area contributed by atoms with Crippen LogP contribution in [-0.2, 0) is 14.9 Å². The van der Waals surface area contributed by atoms with Crippen LogP contribution in [0.25, 0.3) is 0 Å². The van der Waals surface area contributed by atoms with Crippen LogP contribution in [0.1, 0.15) is 226 Å². The molecule has 0 aliphatic heterocycles. The van der Waals surface area contributed by atoms with Crippen LogP contribution in [0.3, 0.4) is 0 Å². The van der Waals surface area contributed by atoms with Crippen LogP contribution in [0, 0.1) is 0 Å². The average molecular weight is 700 g/mol. The van der Waals surface area contributed by atoms with E-state index in [-0.39, 0.29) is 5.91 Å². The van der Waals surface area contributed by atoms with Crippen molar-refractivity contribution < 1.29 is 22.9 Å². The normalized spacial score (nSPS) is 13.3. The lowest BCUT2D eigenvalue weighted by Gasteiger charge is -2.23. The third kappa shape index (κ3) is 36.4. The van der Waals surface area contributed by atoms with Crippen LogP contribution in [0.2, 0.25) is 0 Å². The minimum Gasteiger partial charge on any atom is -0.391 e. The first kappa shape index (κ1) is 47.1. The van der Waals surface area contributed by atoms with Gasteiger partial charge in [-0.3, -0.25) is 9.35 Å². The Hall–Kier alpha value is -0.920. The summed E-state index contributed by atoms with van der Waals surface area (Å²) in [6, 6.07) is -0.969. The fourth-order valence-corrected chi connectivity index (χ4v) is 7.33. The van der Waals surface area contributed by atoms with Gasteiger partial charge in [0.25, 0.3) is 10.1 Å². The summed E-state index contributed by atoms with van der Waals surface area (Å²) in [5.41, 5.74) is 0. The quantitative estimate of drug-likeness (QED) is 0.0338. The van der Waals surface area contributed by atoms with Crippen LogP contribution >= 0.6 is 0 Å². The first-order chi connectivity index (χ1) is 23.3. The predicted octanol–water partition coefficient (Wildman–Crippen LogP) is 12.2. The number of carbonyl (C=O) groups is 1. The summed E-state index contributed by atoms with van der Waals surface area (Å²) in [5, 5.41) is 13.4. The first-order valence-electron chi connectivity index (χ1n) is 20.9. The van der Waals surface area contributed by atoms with E-state index in [0.717, 1.165) is 38.5 Å². The lowest BCUT2D eigenvalue weighted by molar-refractivity contribution is -0.122. The maximum absolute atomic E-state index is 12.5. The zero-order chi connectivity index (χ0) is 35.4. The summed E-state index contributed by atoms with van der Waals surface area (Å²) in [5.74, 6) is -0.894. The van der Waals surface area contributed by atoms with E-state index in [1.807, 2.05) is 0 Å². The number of carbonyl (C=O) groups excluding carboxylic acids is 1. The molecule has 0 aromatic heterocycles. The lowest BCUT2D eigenvalue weighted by Crippen LogP contribution is -2.47. The van der Waals surface area contributed by atoms with Gasteiger partial charge >= 0.3 is 0 Å². The molecule has 0 aliphatic rings. The molecule has 6 nitrogen and oxygen atoms in total. The van der Waals surface area contributed by atoms with E-state index < -0.39 is 28.0 Å². The number of nitrogens with one attached hydrogen (secondary N) is 1. The number of unbranched alkanes of at least 4 members (excludes halogenated alkanes) is 28. The highest BCUT2D eigenvalue weighted by molar-refractivity contribution is 7.85. The van der Waals surface area contributed by atoms with Crippen LogP contribution in [0.5, 0.6) is 0 Å². The highest BCUT2D eigenvalue weighted by Crippen LogP contribution is 2.16. The second kappa shape index (κ2) is 35.9. The Kier molecular flexibility index (Phi) is 35.2. The highest BCUT2D eigenvalue weighted by atomic mass is 32.2. The van der Waals surface area contributed by atoms with Crippen molar-refractivity contribution in [2.45, 2.75) is 238 Å². The van der Waals surface area contributed by atoms with Crippen molar-refractivity contribution >= 4 is 16.0 Å². The molecule has 2 atom stereocenters. The van der Waals surface area contributed by atoms with E-state index in [4.69, 9.17) is 0 Å². The van der Waals surface area contributed by atoms with Gasteiger partial charge in [0.05, 0.1) is 17.9 Å². The molecule has 0 saturated carbocycles. The molecule has 48 heavy (non-hydrogen) atoms. The first-order valence-corrected chi connectivity index (χ1v) is 22.5. The van der Waals surface area contributed by atoms with Crippen molar-refractivity contribution in [3.63, 3.8) is 0 Å². The Labute approximate surface area is 299 Å². The summed E-state index contributed by atoms with van der Waals surface area (Å²) in [4.78, 5) is 12.5. The van der Waals surface area contributed by atoms with E-state index in [1.54, 1.807) is 0 Å². The minimum atomic E-state index is -4.31. The number of rotatable bonds is 38. The molecule has 0 radical (unpaired) electrons. The average Bonchev–Trinajstić information content (AvgIpc) is 3.05. The highest BCUT2D eigenvalue weighted by Gasteiger charge is 2.26. The van der Waals surface area contributed by atoms with Crippen molar-refractivity contribution in [3.8, 4) is 0 Å². The maximum Gasteiger partial charge on any atom is 0.266 e. The maximum atomic E-state index is 12.5. The van der Waals surface area contributed by atoms with E-state index >= 15 is 0 Å². The molecule has 3 N–H and O–H groups in total. The zero-order valence-electron chi connectivity index (χ0n) is 31.9. The number of aliphatic hydroxyl groups excluding tert-OH is 1. The van der Waals surface area contributed by atoms with Gasteiger partial charge in [-0.05, 0) is 38.5 Å². The molecule has 0 aromatic rings. The van der Waals surface area contributed by atoms with E-state index in [0.29, 0.717) is 12.8 Å². The van der Waals surface area contributed by atoms with Crippen LogP contribution in [-0.4, -0.2) is 41.9 Å². The van der Waals surface area contributed by atoms with Gasteiger partial charge in [-0.2, -0.15) is 8.42 Å². The Bertz CT molecular complexity index is 816. The molecule has 0 bridgehead atoms. The number of aliphatic hydroxyl groups is 1. The Morgan fingerprint density at radius 1 is 0.542 bits per heavy atom. The second-order valence-corrected chi connectivity index (χ2v) is 16.1. The van der Waals surface area contributed by atoms with Gasteiger partial charge in [0.1, 0.15) is 0 Å². The molecule has 1 amide bonds. The molecule has 7 heteroatoms. The fraction of sp³-hybridized carbons (Fsp3) is 0.927. The zero-order valence-corrected chi connectivity index (χ0v) is 32.7. The molecule has 286 valence electrons. The fourth-order valence-electron chi connectivity index (χ4n) is 6.57. The van der Waals surface area contributed by atoms with Gasteiger partial charge in [-0.15, -0.1) is 0 Å². The molecule has 0 heterocycles. The van der Waals surface area contributed by atoms with E-state index in [9.17, 15) is 22.9 Å². The van der Waals surface area contributed by atoms with Gasteiger partial charge < -0.3 is 10.4 Å². The molecular weight excluding hydrogens is 619 g/mol.